The standard InChI is InChI=1S/C12H10N2O4S2/c1-2-13-11(16)10(20-12(13)19)6-7-5-8(15)3-4-9(7)14(17)18/h3-6,15H,2H2,1H3/b10-6-. The van der Waals surface area contributed by atoms with Gasteiger partial charge in [-0.15, -0.1) is 0 Å². The summed E-state index contributed by atoms with van der Waals surface area (Å²) in [6.45, 7) is 2.24. The predicted octanol–water partition coefficient (Wildman–Crippen LogP) is 2.52. The predicted molar refractivity (Wildman–Crippen MR) is 80.3 cm³/mol. The second-order valence-corrected chi connectivity index (χ2v) is 5.60. The summed E-state index contributed by atoms with van der Waals surface area (Å²) in [6, 6.07) is 3.67. The number of carbonyl (C=O) groups is 1. The Labute approximate surface area is 124 Å². The van der Waals surface area contributed by atoms with E-state index in [4.69, 9.17) is 12.2 Å². The molecule has 1 heterocycles. The van der Waals surface area contributed by atoms with Crippen LogP contribution < -0.4 is 0 Å². The molecule has 1 aromatic rings. The molecule has 0 spiro atoms. The van der Waals surface area contributed by atoms with Gasteiger partial charge in [-0.05, 0) is 25.1 Å². The number of rotatable bonds is 3. The maximum absolute atomic E-state index is 12.0. The first-order valence-corrected chi connectivity index (χ1v) is 6.89. The van der Waals surface area contributed by atoms with Crippen molar-refractivity contribution in [1.29, 1.82) is 0 Å². The van der Waals surface area contributed by atoms with Crippen LogP contribution in [0.25, 0.3) is 6.08 Å². The van der Waals surface area contributed by atoms with E-state index in [-0.39, 0.29) is 22.9 Å². The van der Waals surface area contributed by atoms with Gasteiger partial charge < -0.3 is 5.11 Å². The number of benzene rings is 1. The average molecular weight is 310 g/mol. The minimum absolute atomic E-state index is 0.104. The molecule has 0 unspecified atom stereocenters. The number of thiocarbonyl (C=S) groups is 1. The Bertz CT molecular complexity index is 642. The van der Waals surface area contributed by atoms with Gasteiger partial charge in [0.05, 0.1) is 15.4 Å². The number of thioether (sulfide) groups is 1. The molecule has 0 saturated carbocycles. The Morgan fingerprint density at radius 3 is 2.80 bits per heavy atom. The van der Waals surface area contributed by atoms with E-state index >= 15 is 0 Å². The number of likely N-dealkylation sites (N-methyl/N-ethyl adjacent to an activating group) is 1. The molecule has 0 aliphatic carbocycles. The van der Waals surface area contributed by atoms with Gasteiger partial charge in [-0.2, -0.15) is 0 Å². The summed E-state index contributed by atoms with van der Waals surface area (Å²) in [5.74, 6) is -0.382. The fourth-order valence-corrected chi connectivity index (χ4v) is 3.11. The van der Waals surface area contributed by atoms with E-state index in [1.54, 1.807) is 6.92 Å². The highest BCUT2D eigenvalue weighted by Crippen LogP contribution is 2.34. The molecule has 20 heavy (non-hydrogen) atoms. The third-order valence-electron chi connectivity index (χ3n) is 2.68. The summed E-state index contributed by atoms with van der Waals surface area (Å²) < 4.78 is 0.423. The van der Waals surface area contributed by atoms with Crippen molar-refractivity contribution in [1.82, 2.24) is 4.90 Å². The van der Waals surface area contributed by atoms with Gasteiger partial charge in [-0.1, -0.05) is 24.0 Å². The zero-order valence-corrected chi connectivity index (χ0v) is 12.0. The van der Waals surface area contributed by atoms with Crippen LogP contribution in [0.5, 0.6) is 5.75 Å². The number of nitrogens with zero attached hydrogens (tertiary/aromatic N) is 2. The van der Waals surface area contributed by atoms with Crippen LogP contribution in [0.1, 0.15) is 12.5 Å². The van der Waals surface area contributed by atoms with Crippen LogP contribution in [0.3, 0.4) is 0 Å². The molecule has 2 rings (SSSR count). The Morgan fingerprint density at radius 2 is 2.25 bits per heavy atom. The van der Waals surface area contributed by atoms with Crippen molar-refractivity contribution in [2.75, 3.05) is 6.54 Å². The van der Waals surface area contributed by atoms with Gasteiger partial charge in [0.25, 0.3) is 11.6 Å². The highest BCUT2D eigenvalue weighted by atomic mass is 32.2. The van der Waals surface area contributed by atoms with E-state index in [1.165, 1.54) is 29.2 Å². The second kappa shape index (κ2) is 5.59. The van der Waals surface area contributed by atoms with Crippen LogP contribution in [-0.4, -0.2) is 31.7 Å². The maximum atomic E-state index is 12.0. The molecular weight excluding hydrogens is 300 g/mol. The molecule has 0 atom stereocenters. The van der Waals surface area contributed by atoms with E-state index in [0.29, 0.717) is 15.8 Å². The molecule has 0 bridgehead atoms. The number of carbonyl (C=O) groups excluding carboxylic acids is 1. The normalized spacial score (nSPS) is 17.1. The molecule has 1 aromatic carbocycles. The van der Waals surface area contributed by atoms with Crippen LogP contribution in [0, 0.1) is 10.1 Å². The van der Waals surface area contributed by atoms with Gasteiger partial charge in [-0.25, -0.2) is 0 Å². The first-order chi connectivity index (χ1) is 9.43. The van der Waals surface area contributed by atoms with Gasteiger partial charge in [0, 0.05) is 12.6 Å². The molecule has 1 aliphatic heterocycles. The molecular formula is C12H10N2O4S2. The molecule has 104 valence electrons. The lowest BCUT2D eigenvalue weighted by molar-refractivity contribution is -0.385. The number of phenols is 1. The van der Waals surface area contributed by atoms with Gasteiger partial charge >= 0.3 is 0 Å². The monoisotopic (exact) mass is 310 g/mol. The largest absolute Gasteiger partial charge is 0.508 e. The summed E-state index contributed by atoms with van der Waals surface area (Å²) in [5.41, 5.74) is -0.00355. The van der Waals surface area contributed by atoms with Gasteiger partial charge in [0.2, 0.25) is 0 Å². The highest BCUT2D eigenvalue weighted by molar-refractivity contribution is 8.26. The first-order valence-electron chi connectivity index (χ1n) is 5.66. The summed E-state index contributed by atoms with van der Waals surface area (Å²) >= 11 is 6.16. The first kappa shape index (κ1) is 14.5. The highest BCUT2D eigenvalue weighted by Gasteiger charge is 2.31. The van der Waals surface area contributed by atoms with E-state index in [2.05, 4.69) is 0 Å². The van der Waals surface area contributed by atoms with Gasteiger partial charge in [-0.3, -0.25) is 19.8 Å². The molecule has 0 aromatic heterocycles. The van der Waals surface area contributed by atoms with Crippen LogP contribution in [0.2, 0.25) is 0 Å². The maximum Gasteiger partial charge on any atom is 0.276 e. The summed E-state index contributed by atoms with van der Waals surface area (Å²) in [5, 5.41) is 20.4. The van der Waals surface area contributed by atoms with Gasteiger partial charge in [0.1, 0.15) is 10.1 Å². The van der Waals surface area contributed by atoms with Crippen LogP contribution in [0.4, 0.5) is 5.69 Å². The van der Waals surface area contributed by atoms with Crippen molar-refractivity contribution in [3.63, 3.8) is 0 Å². The molecule has 8 heteroatoms. The third kappa shape index (κ3) is 2.66. The number of hydrogen-bond acceptors (Lipinski definition) is 6. The molecule has 1 N–H and O–H groups in total. The zero-order chi connectivity index (χ0) is 14.9. The molecule has 1 saturated heterocycles. The minimum Gasteiger partial charge on any atom is -0.508 e. The Balaban J connectivity index is 2.46. The molecule has 0 radical (unpaired) electrons. The van der Waals surface area contributed by atoms with Crippen molar-refractivity contribution >= 4 is 46.0 Å². The summed E-state index contributed by atoms with van der Waals surface area (Å²) in [6.07, 6.45) is 1.38. The number of hydrogen-bond donors (Lipinski definition) is 1. The quantitative estimate of drug-likeness (QED) is 0.400. The molecule has 1 fully saturated rings. The Hall–Kier alpha value is -1.93. The fourth-order valence-electron chi connectivity index (χ4n) is 1.74. The van der Waals surface area contributed by atoms with Crippen molar-refractivity contribution < 1.29 is 14.8 Å². The lowest BCUT2D eigenvalue weighted by Crippen LogP contribution is -2.27. The molecule has 1 aliphatic rings. The van der Waals surface area contributed by atoms with Crippen molar-refractivity contribution in [2.45, 2.75) is 6.92 Å². The van der Waals surface area contributed by atoms with E-state index in [9.17, 15) is 20.0 Å². The van der Waals surface area contributed by atoms with Crippen molar-refractivity contribution in [3.05, 3.63) is 38.8 Å². The molecule has 1 amide bonds. The summed E-state index contributed by atoms with van der Waals surface area (Å²) in [4.78, 5) is 24.1. The smallest absolute Gasteiger partial charge is 0.276 e. The Morgan fingerprint density at radius 1 is 1.55 bits per heavy atom. The van der Waals surface area contributed by atoms with Crippen LogP contribution in [-0.2, 0) is 4.79 Å². The molecule has 6 nitrogen and oxygen atoms in total. The number of aromatic hydroxyl groups is 1. The van der Waals surface area contributed by atoms with Crippen molar-refractivity contribution in [3.8, 4) is 5.75 Å². The van der Waals surface area contributed by atoms with Gasteiger partial charge in [0.15, 0.2) is 0 Å². The zero-order valence-electron chi connectivity index (χ0n) is 10.4. The van der Waals surface area contributed by atoms with E-state index < -0.39 is 4.92 Å². The van der Waals surface area contributed by atoms with E-state index in [1.807, 2.05) is 0 Å². The fraction of sp³-hybridized carbons (Fsp3) is 0.167. The topological polar surface area (TPSA) is 83.7 Å². The number of phenolic OH excluding ortho intramolecular Hbond substituents is 1. The lowest BCUT2D eigenvalue weighted by Gasteiger charge is -2.09. The van der Waals surface area contributed by atoms with Crippen LogP contribution in [0.15, 0.2) is 23.1 Å². The Kier molecular flexibility index (Phi) is 4.05. The second-order valence-electron chi connectivity index (χ2n) is 3.93. The average Bonchev–Trinajstić information content (AvgIpc) is 2.63. The number of nitro benzene ring substituents is 1. The number of nitro groups is 1. The number of amides is 1. The van der Waals surface area contributed by atoms with Crippen LogP contribution >= 0.6 is 24.0 Å². The summed E-state index contributed by atoms with van der Waals surface area (Å²) in [7, 11) is 0. The minimum atomic E-state index is -0.564. The SMILES string of the molecule is CCN1C(=O)/C(=C/c2cc(O)ccc2[N+](=O)[O-])SC1=S. The third-order valence-corrected chi connectivity index (χ3v) is 4.06. The lowest BCUT2D eigenvalue weighted by atomic mass is 10.1. The van der Waals surface area contributed by atoms with E-state index in [0.717, 1.165) is 11.8 Å². The van der Waals surface area contributed by atoms with Crippen molar-refractivity contribution in [2.24, 2.45) is 0 Å².